The molecule has 0 aromatic heterocycles. The Labute approximate surface area is 118 Å². The summed E-state index contributed by atoms with van der Waals surface area (Å²) in [5.74, 6) is 0.642. The van der Waals surface area contributed by atoms with Crippen LogP contribution in [0.25, 0.3) is 0 Å². The molecule has 0 bridgehead atoms. The van der Waals surface area contributed by atoms with E-state index in [1.54, 1.807) is 0 Å². The Morgan fingerprint density at radius 3 is 2.53 bits per heavy atom. The minimum atomic E-state index is 0.536. The van der Waals surface area contributed by atoms with Crippen molar-refractivity contribution in [1.29, 1.82) is 0 Å². The number of hydrogen-bond acceptors (Lipinski definition) is 2. The molecule has 2 atom stereocenters. The highest BCUT2D eigenvalue weighted by molar-refractivity contribution is 5.19. The summed E-state index contributed by atoms with van der Waals surface area (Å²) in [7, 11) is 0. The number of likely N-dealkylation sites (N-methyl/N-ethyl adjacent to an activating group) is 1. The van der Waals surface area contributed by atoms with Gasteiger partial charge in [0, 0.05) is 18.6 Å². The molecule has 1 aromatic rings. The van der Waals surface area contributed by atoms with E-state index < -0.39 is 0 Å². The van der Waals surface area contributed by atoms with Gasteiger partial charge in [-0.05, 0) is 37.4 Å². The summed E-state index contributed by atoms with van der Waals surface area (Å²) in [6, 6.07) is 12.2. The minimum absolute atomic E-state index is 0.536. The molecule has 0 spiro atoms. The third-order valence-electron chi connectivity index (χ3n) is 4.19. The molecule has 2 nitrogen and oxygen atoms in total. The Kier molecular flexibility index (Phi) is 5.41. The Morgan fingerprint density at radius 2 is 2.00 bits per heavy atom. The van der Waals surface area contributed by atoms with Crippen molar-refractivity contribution in [2.75, 3.05) is 19.6 Å². The first-order valence-electron chi connectivity index (χ1n) is 7.74. The third-order valence-corrected chi connectivity index (χ3v) is 4.19. The minimum Gasteiger partial charge on any atom is -0.313 e. The van der Waals surface area contributed by atoms with Crippen molar-refractivity contribution in [2.45, 2.75) is 45.7 Å². The number of hydrogen-bond donors (Lipinski definition) is 1. The second-order valence-electron chi connectivity index (χ2n) is 5.98. The standard InChI is InChI=1S/C17H28N2/c1-4-19(13-16-11-8-12-18-16)17(14(2)3)15-9-6-5-7-10-15/h5-7,9-10,14,16-18H,4,8,11-13H2,1-3H3. The smallest absolute Gasteiger partial charge is 0.0371 e. The molecule has 1 heterocycles. The van der Waals surface area contributed by atoms with Crippen molar-refractivity contribution in [2.24, 2.45) is 5.92 Å². The molecular weight excluding hydrogens is 232 g/mol. The van der Waals surface area contributed by atoms with Gasteiger partial charge in [0.15, 0.2) is 0 Å². The Bertz CT molecular complexity index is 355. The molecule has 1 saturated heterocycles. The van der Waals surface area contributed by atoms with E-state index in [2.05, 4.69) is 61.3 Å². The number of nitrogens with one attached hydrogen (secondary N) is 1. The second kappa shape index (κ2) is 7.06. The van der Waals surface area contributed by atoms with Crippen LogP contribution in [-0.2, 0) is 0 Å². The third kappa shape index (κ3) is 3.80. The molecule has 1 aromatic carbocycles. The highest BCUT2D eigenvalue weighted by atomic mass is 15.2. The normalized spacial score (nSPS) is 21.2. The first-order chi connectivity index (χ1) is 9.22. The fraction of sp³-hybridized carbons (Fsp3) is 0.647. The van der Waals surface area contributed by atoms with Gasteiger partial charge in [-0.1, -0.05) is 51.1 Å². The van der Waals surface area contributed by atoms with Gasteiger partial charge in [0.1, 0.15) is 0 Å². The maximum absolute atomic E-state index is 3.62. The van der Waals surface area contributed by atoms with Crippen molar-refractivity contribution in [3.05, 3.63) is 35.9 Å². The van der Waals surface area contributed by atoms with Crippen molar-refractivity contribution in [3.8, 4) is 0 Å². The van der Waals surface area contributed by atoms with Crippen molar-refractivity contribution in [1.82, 2.24) is 10.2 Å². The molecule has 106 valence electrons. The van der Waals surface area contributed by atoms with E-state index in [1.807, 2.05) is 0 Å². The van der Waals surface area contributed by atoms with Gasteiger partial charge in [0.05, 0.1) is 0 Å². The molecule has 0 radical (unpaired) electrons. The van der Waals surface area contributed by atoms with Gasteiger partial charge >= 0.3 is 0 Å². The zero-order valence-electron chi connectivity index (χ0n) is 12.6. The van der Waals surface area contributed by atoms with Gasteiger partial charge in [-0.15, -0.1) is 0 Å². The number of benzene rings is 1. The van der Waals surface area contributed by atoms with E-state index in [9.17, 15) is 0 Å². The fourth-order valence-electron chi connectivity index (χ4n) is 3.30. The summed E-state index contributed by atoms with van der Waals surface area (Å²) in [6.07, 6.45) is 2.66. The molecule has 2 heteroatoms. The average molecular weight is 260 g/mol. The summed E-state index contributed by atoms with van der Waals surface area (Å²) in [5, 5.41) is 3.62. The van der Waals surface area contributed by atoms with Crippen LogP contribution in [0.15, 0.2) is 30.3 Å². The van der Waals surface area contributed by atoms with Crippen LogP contribution in [0.4, 0.5) is 0 Å². The molecule has 1 aliphatic heterocycles. The van der Waals surface area contributed by atoms with Crippen LogP contribution < -0.4 is 5.32 Å². The van der Waals surface area contributed by atoms with E-state index >= 15 is 0 Å². The van der Waals surface area contributed by atoms with Gasteiger partial charge in [-0.25, -0.2) is 0 Å². The van der Waals surface area contributed by atoms with Crippen molar-refractivity contribution in [3.63, 3.8) is 0 Å². The lowest BCUT2D eigenvalue weighted by Crippen LogP contribution is -2.41. The predicted molar refractivity (Wildman–Crippen MR) is 82.3 cm³/mol. The first-order valence-corrected chi connectivity index (χ1v) is 7.74. The quantitative estimate of drug-likeness (QED) is 0.842. The molecular formula is C17H28N2. The first kappa shape index (κ1) is 14.5. The number of nitrogens with zero attached hydrogens (tertiary/aromatic N) is 1. The van der Waals surface area contributed by atoms with Crippen LogP contribution in [0.3, 0.4) is 0 Å². The molecule has 19 heavy (non-hydrogen) atoms. The van der Waals surface area contributed by atoms with Crippen LogP contribution in [-0.4, -0.2) is 30.6 Å². The van der Waals surface area contributed by atoms with E-state index in [-0.39, 0.29) is 0 Å². The van der Waals surface area contributed by atoms with E-state index in [0.29, 0.717) is 18.0 Å². The summed E-state index contributed by atoms with van der Waals surface area (Å²) < 4.78 is 0. The molecule has 2 unspecified atom stereocenters. The monoisotopic (exact) mass is 260 g/mol. The van der Waals surface area contributed by atoms with Crippen LogP contribution in [0.2, 0.25) is 0 Å². The lowest BCUT2D eigenvalue weighted by atomic mass is 9.94. The SMILES string of the molecule is CCN(CC1CCCN1)C(c1ccccc1)C(C)C. The number of rotatable bonds is 6. The van der Waals surface area contributed by atoms with Crippen molar-refractivity contribution < 1.29 is 0 Å². The molecule has 1 N–H and O–H groups in total. The zero-order chi connectivity index (χ0) is 13.7. The van der Waals surface area contributed by atoms with E-state index in [1.165, 1.54) is 31.5 Å². The van der Waals surface area contributed by atoms with E-state index in [0.717, 1.165) is 6.54 Å². The lowest BCUT2D eigenvalue weighted by molar-refractivity contribution is 0.150. The predicted octanol–water partition coefficient (Wildman–Crippen LogP) is 3.46. The van der Waals surface area contributed by atoms with Crippen molar-refractivity contribution >= 4 is 0 Å². The summed E-state index contributed by atoms with van der Waals surface area (Å²) in [5.41, 5.74) is 1.46. The van der Waals surface area contributed by atoms with Gasteiger partial charge in [0.2, 0.25) is 0 Å². The van der Waals surface area contributed by atoms with Gasteiger partial charge in [0.25, 0.3) is 0 Å². The Balaban J connectivity index is 2.11. The fourth-order valence-corrected chi connectivity index (χ4v) is 3.30. The molecule has 0 amide bonds. The maximum atomic E-state index is 3.62. The van der Waals surface area contributed by atoms with Crippen LogP contribution in [0.1, 0.15) is 45.2 Å². The Morgan fingerprint density at radius 1 is 1.26 bits per heavy atom. The van der Waals surface area contributed by atoms with Crippen LogP contribution in [0.5, 0.6) is 0 Å². The Hall–Kier alpha value is -0.860. The maximum Gasteiger partial charge on any atom is 0.0371 e. The molecule has 1 fully saturated rings. The molecule has 0 saturated carbocycles. The lowest BCUT2D eigenvalue weighted by Gasteiger charge is -2.35. The highest BCUT2D eigenvalue weighted by Gasteiger charge is 2.25. The topological polar surface area (TPSA) is 15.3 Å². The largest absolute Gasteiger partial charge is 0.313 e. The second-order valence-corrected chi connectivity index (χ2v) is 5.98. The molecule has 2 rings (SSSR count). The summed E-state index contributed by atoms with van der Waals surface area (Å²) >= 11 is 0. The van der Waals surface area contributed by atoms with E-state index in [4.69, 9.17) is 0 Å². The highest BCUT2D eigenvalue weighted by Crippen LogP contribution is 2.29. The summed E-state index contributed by atoms with van der Waals surface area (Å²) in [4.78, 5) is 2.64. The van der Waals surface area contributed by atoms with Gasteiger partial charge in [-0.2, -0.15) is 0 Å². The van der Waals surface area contributed by atoms with Crippen LogP contribution in [0, 0.1) is 5.92 Å². The zero-order valence-corrected chi connectivity index (χ0v) is 12.6. The van der Waals surface area contributed by atoms with Crippen LogP contribution >= 0.6 is 0 Å². The summed E-state index contributed by atoms with van der Waals surface area (Å²) in [6.45, 7) is 10.4. The van der Waals surface area contributed by atoms with Gasteiger partial charge in [-0.3, -0.25) is 4.90 Å². The van der Waals surface area contributed by atoms with Gasteiger partial charge < -0.3 is 5.32 Å². The molecule has 1 aliphatic rings. The average Bonchev–Trinajstić information content (AvgIpc) is 2.91. The molecule has 0 aliphatic carbocycles.